The number of rotatable bonds is 2. The number of nitrogens with two attached hydrogens (primary N) is 2. The van der Waals surface area contributed by atoms with E-state index >= 15 is 0 Å². The second kappa shape index (κ2) is 3.15. The van der Waals surface area contributed by atoms with Crippen molar-refractivity contribution in [1.82, 2.24) is 9.66 Å². The van der Waals surface area contributed by atoms with Crippen molar-refractivity contribution in [3.63, 3.8) is 0 Å². The first kappa shape index (κ1) is 10.3. The molecule has 0 radical (unpaired) electrons. The molecule has 1 aliphatic carbocycles. The summed E-state index contributed by atoms with van der Waals surface area (Å²) in [5.74, 6) is 8.04. The first-order chi connectivity index (χ1) is 6.88. The van der Waals surface area contributed by atoms with Crippen LogP contribution in [0.25, 0.3) is 0 Å². The zero-order valence-corrected chi connectivity index (χ0v) is 9.75. The third kappa shape index (κ3) is 2.08. The van der Waals surface area contributed by atoms with E-state index in [1.807, 2.05) is 0 Å². The lowest BCUT2D eigenvalue weighted by molar-refractivity contribution is 0.407. The number of aromatic nitrogens is 2. The predicted molar refractivity (Wildman–Crippen MR) is 61.9 cm³/mol. The lowest BCUT2D eigenvalue weighted by atomic mass is 9.90. The molecular formula is C11H20N4. The summed E-state index contributed by atoms with van der Waals surface area (Å²) < 4.78 is 1.57. The molecule has 0 aliphatic heterocycles. The maximum absolute atomic E-state index is 5.95. The van der Waals surface area contributed by atoms with Crippen molar-refractivity contribution in [3.05, 3.63) is 11.5 Å². The van der Waals surface area contributed by atoms with Crippen LogP contribution in [-0.4, -0.2) is 9.66 Å². The van der Waals surface area contributed by atoms with Crippen LogP contribution in [0.5, 0.6) is 0 Å². The second-order valence-corrected chi connectivity index (χ2v) is 5.68. The highest BCUT2D eigenvalue weighted by Gasteiger charge is 2.30. The largest absolute Gasteiger partial charge is 0.382 e. The van der Waals surface area contributed by atoms with Gasteiger partial charge in [-0.25, -0.2) is 9.66 Å². The summed E-state index contributed by atoms with van der Waals surface area (Å²) in [6, 6.07) is 0. The molecule has 2 rings (SSSR count). The van der Waals surface area contributed by atoms with E-state index in [9.17, 15) is 0 Å². The third-order valence-corrected chi connectivity index (χ3v) is 2.69. The lowest BCUT2D eigenvalue weighted by Gasteiger charge is -2.16. The van der Waals surface area contributed by atoms with Crippen LogP contribution in [0.1, 0.15) is 51.0 Å². The molecule has 1 aromatic heterocycles. The molecule has 1 aromatic rings. The van der Waals surface area contributed by atoms with Gasteiger partial charge < -0.3 is 11.6 Å². The molecule has 0 amide bonds. The van der Waals surface area contributed by atoms with Gasteiger partial charge in [0.1, 0.15) is 11.6 Å². The van der Waals surface area contributed by atoms with Crippen molar-refractivity contribution >= 4 is 5.82 Å². The van der Waals surface area contributed by atoms with Crippen LogP contribution in [0, 0.1) is 5.41 Å². The minimum Gasteiger partial charge on any atom is -0.382 e. The molecule has 4 nitrogen and oxygen atoms in total. The zero-order valence-electron chi connectivity index (χ0n) is 9.75. The van der Waals surface area contributed by atoms with Gasteiger partial charge in [0, 0.05) is 5.92 Å². The van der Waals surface area contributed by atoms with Crippen molar-refractivity contribution in [2.24, 2.45) is 5.41 Å². The molecule has 0 aromatic carbocycles. The molecule has 0 bridgehead atoms. The molecule has 1 saturated carbocycles. The standard InChI is InChI=1S/C11H20N4/c1-11(2,3)6-8-9(12)15(13)10(14-8)7-4-5-7/h7H,4-6,12-13H2,1-3H3. The topological polar surface area (TPSA) is 69.9 Å². The molecule has 0 atom stereocenters. The Hall–Kier alpha value is -1.19. The first-order valence-electron chi connectivity index (χ1n) is 5.50. The van der Waals surface area contributed by atoms with Crippen molar-refractivity contribution in [3.8, 4) is 0 Å². The summed E-state index contributed by atoms with van der Waals surface area (Å²) in [5, 5.41) is 0. The predicted octanol–water partition coefficient (Wildman–Crippen LogP) is 1.65. The summed E-state index contributed by atoms with van der Waals surface area (Å²) in [6.45, 7) is 6.54. The molecular weight excluding hydrogens is 188 g/mol. The fraction of sp³-hybridized carbons (Fsp3) is 0.727. The summed E-state index contributed by atoms with van der Waals surface area (Å²) in [5.41, 5.74) is 7.10. The van der Waals surface area contributed by atoms with E-state index in [1.165, 1.54) is 12.8 Å². The molecule has 4 heteroatoms. The number of nitrogen functional groups attached to an aromatic ring is 2. The normalized spacial score (nSPS) is 17.0. The Morgan fingerprint density at radius 3 is 2.47 bits per heavy atom. The Morgan fingerprint density at radius 2 is 2.00 bits per heavy atom. The average Bonchev–Trinajstić information content (AvgIpc) is 2.87. The van der Waals surface area contributed by atoms with Crippen molar-refractivity contribution in [1.29, 1.82) is 0 Å². The van der Waals surface area contributed by atoms with E-state index in [1.54, 1.807) is 4.68 Å². The fourth-order valence-electron chi connectivity index (χ4n) is 1.77. The maximum Gasteiger partial charge on any atom is 0.146 e. The van der Waals surface area contributed by atoms with Crippen LogP contribution in [0.3, 0.4) is 0 Å². The number of hydrogen-bond acceptors (Lipinski definition) is 3. The lowest BCUT2D eigenvalue weighted by Crippen LogP contribution is -2.16. The zero-order chi connectivity index (χ0) is 11.2. The van der Waals surface area contributed by atoms with E-state index in [0.717, 1.165) is 17.9 Å². The Labute approximate surface area is 90.6 Å². The monoisotopic (exact) mass is 208 g/mol. The quantitative estimate of drug-likeness (QED) is 0.726. The Balaban J connectivity index is 2.28. The van der Waals surface area contributed by atoms with Gasteiger partial charge >= 0.3 is 0 Å². The van der Waals surface area contributed by atoms with Crippen molar-refractivity contribution < 1.29 is 0 Å². The van der Waals surface area contributed by atoms with Gasteiger partial charge in [-0.3, -0.25) is 0 Å². The SMILES string of the molecule is CC(C)(C)Cc1nc(C2CC2)n(N)c1N. The van der Waals surface area contributed by atoms with Crippen LogP contribution >= 0.6 is 0 Å². The van der Waals surface area contributed by atoms with E-state index in [4.69, 9.17) is 11.6 Å². The third-order valence-electron chi connectivity index (χ3n) is 2.69. The van der Waals surface area contributed by atoms with Crippen LogP contribution in [0.4, 0.5) is 5.82 Å². The molecule has 1 aliphatic rings. The molecule has 0 saturated heterocycles. The summed E-state index contributed by atoms with van der Waals surface area (Å²) in [6.07, 6.45) is 3.27. The number of anilines is 1. The Bertz CT molecular complexity index is 369. The second-order valence-electron chi connectivity index (χ2n) is 5.68. The summed E-state index contributed by atoms with van der Waals surface area (Å²) in [4.78, 5) is 4.57. The smallest absolute Gasteiger partial charge is 0.146 e. The van der Waals surface area contributed by atoms with Crippen LogP contribution < -0.4 is 11.6 Å². The molecule has 15 heavy (non-hydrogen) atoms. The summed E-state index contributed by atoms with van der Waals surface area (Å²) in [7, 11) is 0. The minimum atomic E-state index is 0.198. The molecule has 4 N–H and O–H groups in total. The number of hydrogen-bond donors (Lipinski definition) is 2. The molecule has 0 spiro atoms. The molecule has 84 valence electrons. The Kier molecular flexibility index (Phi) is 2.17. The summed E-state index contributed by atoms with van der Waals surface area (Å²) >= 11 is 0. The van der Waals surface area contributed by atoms with Gasteiger partial charge in [-0.05, 0) is 24.7 Å². The van der Waals surface area contributed by atoms with E-state index in [-0.39, 0.29) is 5.41 Å². The highest BCUT2D eigenvalue weighted by atomic mass is 15.4. The average molecular weight is 208 g/mol. The van der Waals surface area contributed by atoms with Gasteiger partial charge in [0.25, 0.3) is 0 Å². The van der Waals surface area contributed by atoms with Crippen LogP contribution in [-0.2, 0) is 6.42 Å². The number of nitrogens with zero attached hydrogens (tertiary/aromatic N) is 2. The number of imidazole rings is 1. The Morgan fingerprint density at radius 1 is 1.40 bits per heavy atom. The van der Waals surface area contributed by atoms with Gasteiger partial charge in [0.05, 0.1) is 5.69 Å². The van der Waals surface area contributed by atoms with Gasteiger partial charge in [-0.15, -0.1) is 0 Å². The highest BCUT2D eigenvalue weighted by Crippen LogP contribution is 2.40. The minimum absolute atomic E-state index is 0.198. The van der Waals surface area contributed by atoms with Crippen molar-refractivity contribution in [2.45, 2.75) is 46.0 Å². The maximum atomic E-state index is 5.95. The van der Waals surface area contributed by atoms with Gasteiger partial charge in [0.2, 0.25) is 0 Å². The highest BCUT2D eigenvalue weighted by molar-refractivity contribution is 5.40. The van der Waals surface area contributed by atoms with Crippen LogP contribution in [0.2, 0.25) is 0 Å². The van der Waals surface area contributed by atoms with E-state index in [0.29, 0.717) is 11.7 Å². The fourth-order valence-corrected chi connectivity index (χ4v) is 1.77. The van der Waals surface area contributed by atoms with Gasteiger partial charge in [0.15, 0.2) is 0 Å². The van der Waals surface area contributed by atoms with Crippen LogP contribution in [0.15, 0.2) is 0 Å². The first-order valence-corrected chi connectivity index (χ1v) is 5.50. The molecule has 0 unspecified atom stereocenters. The van der Waals surface area contributed by atoms with E-state index < -0.39 is 0 Å². The molecule has 1 fully saturated rings. The molecule has 1 heterocycles. The van der Waals surface area contributed by atoms with Gasteiger partial charge in [-0.1, -0.05) is 20.8 Å². The van der Waals surface area contributed by atoms with E-state index in [2.05, 4.69) is 25.8 Å². The van der Waals surface area contributed by atoms with Crippen molar-refractivity contribution in [2.75, 3.05) is 11.6 Å². The van der Waals surface area contributed by atoms with Gasteiger partial charge in [-0.2, -0.15) is 0 Å².